The van der Waals surface area contributed by atoms with Gasteiger partial charge in [-0.05, 0) is 30.2 Å². The van der Waals surface area contributed by atoms with E-state index in [1.807, 2.05) is 0 Å². The lowest BCUT2D eigenvalue weighted by Crippen LogP contribution is -2.04. The van der Waals surface area contributed by atoms with Gasteiger partial charge in [0.25, 0.3) is 0 Å². The monoisotopic (exact) mass is 584 g/mol. The van der Waals surface area contributed by atoms with Gasteiger partial charge < -0.3 is 4.57 Å². The number of hydrogen-bond donors (Lipinski definition) is 0. The number of pyridine rings is 1. The zero-order chi connectivity index (χ0) is 47.3. The van der Waals surface area contributed by atoms with E-state index in [9.17, 15) is 1.37 Å². The molecule has 9 rings (SSSR count). The zero-order valence-electron chi connectivity index (χ0n) is 43.0. The maximum atomic E-state index is 9.86. The number of benzene rings is 5. The largest absolute Gasteiger partial charge is 0.307 e. The van der Waals surface area contributed by atoms with E-state index in [1.54, 1.807) is 0 Å². The van der Waals surface area contributed by atoms with Gasteiger partial charge in [-0.1, -0.05) is 103 Å². The van der Waals surface area contributed by atoms with E-state index >= 15 is 0 Å². The summed E-state index contributed by atoms with van der Waals surface area (Å²) in [5.74, 6) is -1.31. The summed E-state index contributed by atoms with van der Waals surface area (Å²) >= 11 is 0. The van der Waals surface area contributed by atoms with Crippen molar-refractivity contribution < 1.29 is 28.8 Å². The van der Waals surface area contributed by atoms with Crippen molar-refractivity contribution >= 4 is 43.6 Å². The standard InChI is InChI=1S/C39H25N5/c1-2-12-26(13-3-1)39-41-32(24-38(42-39)44-34-19-9-5-14-27(34)28-15-6-10-20-35(28)44)31-17-7-11-21-36(31)43-33-18-8-4-16-29(33)30-22-23-40-25-37(30)43/h1-25H/i1D,2D,3D,4D,5D,6D,8D,9D,10D,12D,13D,14D,15D,16D,18D,19D,20D,22D,23D,24D,25D. The summed E-state index contributed by atoms with van der Waals surface area (Å²) in [6.45, 7) is 0. The van der Waals surface area contributed by atoms with E-state index in [4.69, 9.17) is 27.4 Å². The van der Waals surface area contributed by atoms with Crippen LogP contribution in [0.1, 0.15) is 28.8 Å². The zero-order valence-corrected chi connectivity index (χ0v) is 22.0. The van der Waals surface area contributed by atoms with Gasteiger partial charge in [-0.25, -0.2) is 9.97 Å². The molecule has 4 aromatic heterocycles. The van der Waals surface area contributed by atoms with Crippen LogP contribution < -0.4 is 0 Å². The Morgan fingerprint density at radius 2 is 1.14 bits per heavy atom. The Kier molecular flexibility index (Phi) is 2.56. The van der Waals surface area contributed by atoms with Crippen LogP contribution in [0.25, 0.3) is 77.8 Å². The van der Waals surface area contributed by atoms with Crippen LogP contribution in [0, 0.1) is 0 Å². The fourth-order valence-electron chi connectivity index (χ4n) is 5.23. The first kappa shape index (κ1) is 11.5. The molecule has 0 unspecified atom stereocenters. The maximum absolute atomic E-state index is 9.86. The molecule has 0 fully saturated rings. The molecular formula is C39H25N5. The van der Waals surface area contributed by atoms with Crippen LogP contribution in [0.15, 0.2) is 151 Å². The number of nitrogens with zero attached hydrogens (tertiary/aromatic N) is 5. The molecule has 0 aliphatic carbocycles. The van der Waals surface area contributed by atoms with Crippen LogP contribution in [0.5, 0.6) is 0 Å². The van der Waals surface area contributed by atoms with Crippen molar-refractivity contribution in [3.63, 3.8) is 0 Å². The highest BCUT2D eigenvalue weighted by Gasteiger charge is 2.19. The summed E-state index contributed by atoms with van der Waals surface area (Å²) in [6.07, 6.45) is -1.28. The summed E-state index contributed by atoms with van der Waals surface area (Å²) in [5.41, 5.74) is -2.71. The fraction of sp³-hybridized carbons (Fsp3) is 0. The van der Waals surface area contributed by atoms with Gasteiger partial charge in [0, 0.05) is 44.9 Å². The highest BCUT2D eigenvalue weighted by atomic mass is 15.1. The second-order valence-corrected chi connectivity index (χ2v) is 9.39. The molecule has 0 saturated heterocycles. The smallest absolute Gasteiger partial charge is 0.162 e. The quantitative estimate of drug-likeness (QED) is 0.207. The van der Waals surface area contributed by atoms with Gasteiger partial charge in [0.2, 0.25) is 0 Å². The van der Waals surface area contributed by atoms with E-state index in [0.29, 0.717) is 0 Å². The van der Waals surface area contributed by atoms with Gasteiger partial charge in [-0.2, -0.15) is 0 Å². The van der Waals surface area contributed by atoms with Crippen LogP contribution in [0.2, 0.25) is 0 Å². The highest BCUT2D eigenvalue weighted by molar-refractivity contribution is 6.10. The van der Waals surface area contributed by atoms with Crippen molar-refractivity contribution in [3.05, 3.63) is 151 Å². The minimum absolute atomic E-state index is 0.0822. The Bertz CT molecular complexity index is 3590. The minimum atomic E-state index is -0.807. The van der Waals surface area contributed by atoms with Gasteiger partial charge in [-0.3, -0.25) is 9.55 Å². The number of fused-ring (bicyclic) bond motifs is 6. The molecule has 0 amide bonds. The summed E-state index contributed by atoms with van der Waals surface area (Å²) in [6, 6.07) is -8.15. The van der Waals surface area contributed by atoms with Crippen molar-refractivity contribution in [1.29, 1.82) is 0 Å². The molecule has 0 saturated carbocycles. The van der Waals surface area contributed by atoms with Gasteiger partial charge in [-0.15, -0.1) is 0 Å². The lowest BCUT2D eigenvalue weighted by atomic mass is 10.1. The summed E-state index contributed by atoms with van der Waals surface area (Å²) in [5, 5.41) is -1.22. The normalized spacial score (nSPS) is 18.3. The molecule has 0 spiro atoms. The van der Waals surface area contributed by atoms with Gasteiger partial charge in [0.15, 0.2) is 5.82 Å². The number of aromatic nitrogens is 5. The molecule has 0 atom stereocenters. The van der Waals surface area contributed by atoms with E-state index in [2.05, 4.69) is 15.0 Å². The van der Waals surface area contributed by atoms with E-state index < -0.39 is 161 Å². The SMILES string of the molecule is [2H]c1nc([2H])c2c(c1[2H])c1c([2H])c([2H])c([2H])c([2H])c1n2-c1ccccc1-c1nc(-c2c([2H])c([2H])c([2H])c([2H])c2[2H])nc(-n2c3c([2H])c([2H])c([2H])c([2H])c3c3c([2H])c([2H])c([2H])c([2H])c32)c1[2H]. The summed E-state index contributed by atoms with van der Waals surface area (Å²) < 4.78 is 186. The van der Waals surface area contributed by atoms with Crippen LogP contribution >= 0.6 is 0 Å². The number of hydrogen-bond acceptors (Lipinski definition) is 3. The van der Waals surface area contributed by atoms with Crippen molar-refractivity contribution in [2.75, 3.05) is 0 Å². The first-order chi connectivity index (χ1) is 30.6. The molecule has 0 radical (unpaired) electrons. The summed E-state index contributed by atoms with van der Waals surface area (Å²) in [4.78, 5) is 13.0. The molecule has 44 heavy (non-hydrogen) atoms. The molecule has 0 aliphatic rings. The Hall–Kier alpha value is -6.07. The lowest BCUT2D eigenvalue weighted by Gasteiger charge is -2.16. The van der Waals surface area contributed by atoms with Gasteiger partial charge in [0.1, 0.15) is 5.82 Å². The molecule has 5 heteroatoms. The second-order valence-electron chi connectivity index (χ2n) is 9.39. The highest BCUT2D eigenvalue weighted by Crippen LogP contribution is 2.37. The molecule has 206 valence electrons. The van der Waals surface area contributed by atoms with Gasteiger partial charge in [0.05, 0.1) is 68.4 Å². The third kappa shape index (κ3) is 3.69. The average molecular weight is 585 g/mol. The van der Waals surface area contributed by atoms with Crippen LogP contribution in [0.3, 0.4) is 0 Å². The first-order valence-electron chi connectivity index (χ1n) is 23.5. The fourth-order valence-corrected chi connectivity index (χ4v) is 5.23. The predicted octanol–water partition coefficient (Wildman–Crippen LogP) is 9.40. The van der Waals surface area contributed by atoms with E-state index in [1.165, 1.54) is 28.8 Å². The Morgan fingerprint density at radius 3 is 1.84 bits per heavy atom. The molecule has 0 N–H and O–H groups in total. The third-order valence-corrected chi connectivity index (χ3v) is 7.03. The van der Waals surface area contributed by atoms with E-state index in [0.717, 1.165) is 4.57 Å². The van der Waals surface area contributed by atoms with Crippen LogP contribution in [-0.2, 0) is 0 Å². The number of para-hydroxylation sites is 4. The lowest BCUT2D eigenvalue weighted by molar-refractivity contribution is 1.04. The van der Waals surface area contributed by atoms with Crippen molar-refractivity contribution in [2.45, 2.75) is 0 Å². The average Bonchev–Trinajstić information content (AvgIpc) is 3.84. The number of rotatable bonds is 4. The topological polar surface area (TPSA) is 48.5 Å². The van der Waals surface area contributed by atoms with Crippen LogP contribution in [0.4, 0.5) is 0 Å². The molecule has 5 nitrogen and oxygen atoms in total. The molecule has 5 aromatic carbocycles. The Labute approximate surface area is 282 Å². The van der Waals surface area contributed by atoms with Crippen molar-refractivity contribution in [1.82, 2.24) is 24.1 Å². The first-order valence-corrected chi connectivity index (χ1v) is 13.0. The van der Waals surface area contributed by atoms with Crippen molar-refractivity contribution in [2.24, 2.45) is 0 Å². The molecular weight excluding hydrogens is 538 g/mol. The van der Waals surface area contributed by atoms with Crippen LogP contribution in [-0.4, -0.2) is 24.1 Å². The molecule has 0 bridgehead atoms. The third-order valence-electron chi connectivity index (χ3n) is 7.03. The molecule has 0 aliphatic heterocycles. The van der Waals surface area contributed by atoms with E-state index in [-0.39, 0.29) is 43.8 Å². The maximum Gasteiger partial charge on any atom is 0.162 e. The second kappa shape index (κ2) is 9.75. The summed E-state index contributed by atoms with van der Waals surface area (Å²) in [7, 11) is 0. The minimum Gasteiger partial charge on any atom is -0.307 e. The van der Waals surface area contributed by atoms with Crippen molar-refractivity contribution in [3.8, 4) is 34.2 Å². The van der Waals surface area contributed by atoms with Gasteiger partial charge >= 0.3 is 0 Å². The Balaban J connectivity index is 1.54. The molecule has 9 aromatic rings. The predicted molar refractivity (Wildman–Crippen MR) is 179 cm³/mol. The molecule has 4 heterocycles. The Morgan fingerprint density at radius 1 is 0.545 bits per heavy atom.